The normalized spacial score (nSPS) is 10.7. The van der Waals surface area contributed by atoms with Crippen molar-refractivity contribution in [2.75, 3.05) is 5.32 Å². The Bertz CT molecular complexity index is 1420. The molecule has 11 heteroatoms. The van der Waals surface area contributed by atoms with Gasteiger partial charge in [-0.15, -0.1) is 5.10 Å². The summed E-state index contributed by atoms with van der Waals surface area (Å²) in [6.45, 7) is 3.43. The average molecular weight is 478 g/mol. The highest BCUT2D eigenvalue weighted by molar-refractivity contribution is 6.03. The fourth-order valence-corrected chi connectivity index (χ4v) is 3.46. The van der Waals surface area contributed by atoms with E-state index in [0.717, 1.165) is 6.07 Å². The van der Waals surface area contributed by atoms with Crippen molar-refractivity contribution in [3.63, 3.8) is 0 Å². The van der Waals surface area contributed by atoms with Crippen LogP contribution in [0.5, 0.6) is 11.5 Å². The second-order valence-corrected chi connectivity index (χ2v) is 7.47. The van der Waals surface area contributed by atoms with Crippen LogP contribution in [0.4, 0.5) is 14.5 Å². The van der Waals surface area contributed by atoms with Crippen molar-refractivity contribution < 1.29 is 23.1 Å². The lowest BCUT2D eigenvalue weighted by Gasteiger charge is -2.13. The smallest absolute Gasteiger partial charge is 0.278 e. The molecule has 0 unspecified atom stereocenters. The number of hydrogen-bond acceptors (Lipinski definition) is 6. The zero-order valence-electron chi connectivity index (χ0n) is 18.8. The summed E-state index contributed by atoms with van der Waals surface area (Å²) in [5.74, 6) is -2.32. The van der Waals surface area contributed by atoms with Crippen LogP contribution in [-0.2, 0) is 6.42 Å². The molecule has 0 bridgehead atoms. The molecule has 178 valence electrons. The standard InChI is InChI=1S/C24H20F2N6O3/c1-3-17-19(10-11-28-22(17)23(27)33)35-20-9-6-15(12-18(20)26)29-24(34)21-13(2)32(31-30-21)16-7-4-14(25)5-8-16/h4-12H,3H2,1-2H3,(H2,27,33)(H,29,34). The first-order valence-corrected chi connectivity index (χ1v) is 10.5. The van der Waals surface area contributed by atoms with Crippen molar-refractivity contribution >= 4 is 17.5 Å². The van der Waals surface area contributed by atoms with E-state index in [0.29, 0.717) is 23.4 Å². The summed E-state index contributed by atoms with van der Waals surface area (Å²) in [5, 5.41) is 10.4. The Morgan fingerprint density at radius 1 is 1.06 bits per heavy atom. The molecular formula is C24H20F2N6O3. The maximum absolute atomic E-state index is 14.8. The minimum absolute atomic E-state index is 0.0263. The summed E-state index contributed by atoms with van der Waals surface area (Å²) in [5.41, 5.74) is 7.00. The highest BCUT2D eigenvalue weighted by Crippen LogP contribution is 2.30. The van der Waals surface area contributed by atoms with E-state index in [9.17, 15) is 18.4 Å². The van der Waals surface area contributed by atoms with Gasteiger partial charge in [-0.3, -0.25) is 14.6 Å². The number of hydrogen-bond donors (Lipinski definition) is 2. The largest absolute Gasteiger partial charge is 0.454 e. The van der Waals surface area contributed by atoms with Gasteiger partial charge in [-0.2, -0.15) is 0 Å². The van der Waals surface area contributed by atoms with Crippen LogP contribution in [-0.4, -0.2) is 31.8 Å². The van der Waals surface area contributed by atoms with Gasteiger partial charge in [0.05, 0.1) is 11.4 Å². The molecule has 0 fully saturated rings. The number of ether oxygens (including phenoxy) is 1. The van der Waals surface area contributed by atoms with Gasteiger partial charge in [-0.05, 0) is 55.8 Å². The molecule has 3 N–H and O–H groups in total. The van der Waals surface area contributed by atoms with E-state index in [1.165, 1.54) is 53.3 Å². The van der Waals surface area contributed by atoms with Crippen molar-refractivity contribution in [1.82, 2.24) is 20.0 Å². The molecule has 0 atom stereocenters. The zero-order chi connectivity index (χ0) is 25.1. The number of rotatable bonds is 7. The lowest BCUT2D eigenvalue weighted by atomic mass is 10.1. The van der Waals surface area contributed by atoms with Gasteiger partial charge in [0.25, 0.3) is 11.8 Å². The number of nitrogens with zero attached hydrogens (tertiary/aromatic N) is 4. The Morgan fingerprint density at radius 3 is 2.46 bits per heavy atom. The van der Waals surface area contributed by atoms with Crippen molar-refractivity contribution in [2.24, 2.45) is 5.73 Å². The maximum Gasteiger partial charge on any atom is 0.278 e. The molecular weight excluding hydrogens is 458 g/mol. The SMILES string of the molecule is CCc1c(Oc2ccc(NC(=O)c3nnn(-c4ccc(F)cc4)c3C)cc2F)ccnc1C(N)=O. The van der Waals surface area contributed by atoms with E-state index < -0.39 is 23.4 Å². The van der Waals surface area contributed by atoms with Crippen LogP contribution >= 0.6 is 0 Å². The molecule has 0 spiro atoms. The number of nitrogens with two attached hydrogens (primary N) is 1. The summed E-state index contributed by atoms with van der Waals surface area (Å²) in [4.78, 5) is 28.3. The van der Waals surface area contributed by atoms with Gasteiger partial charge < -0.3 is 15.8 Å². The number of halogens is 2. The molecule has 2 amide bonds. The lowest BCUT2D eigenvalue weighted by Crippen LogP contribution is -2.16. The summed E-state index contributed by atoms with van der Waals surface area (Å²) >= 11 is 0. The molecule has 35 heavy (non-hydrogen) atoms. The van der Waals surface area contributed by atoms with E-state index in [1.54, 1.807) is 13.8 Å². The third-order valence-electron chi connectivity index (χ3n) is 5.19. The molecule has 0 aliphatic carbocycles. The van der Waals surface area contributed by atoms with Crippen molar-refractivity contribution in [3.8, 4) is 17.2 Å². The highest BCUT2D eigenvalue weighted by Gasteiger charge is 2.19. The number of pyridine rings is 1. The zero-order valence-corrected chi connectivity index (χ0v) is 18.8. The van der Waals surface area contributed by atoms with Gasteiger partial charge in [0.1, 0.15) is 17.3 Å². The molecule has 2 heterocycles. The van der Waals surface area contributed by atoms with E-state index in [2.05, 4.69) is 20.6 Å². The number of primary amides is 1. The molecule has 4 aromatic rings. The molecule has 0 saturated carbocycles. The third kappa shape index (κ3) is 4.83. The van der Waals surface area contributed by atoms with E-state index in [-0.39, 0.29) is 28.6 Å². The number of carbonyl (C=O) groups is 2. The average Bonchev–Trinajstić information content (AvgIpc) is 3.22. The minimum atomic E-state index is -0.742. The molecule has 0 aliphatic heterocycles. The highest BCUT2D eigenvalue weighted by atomic mass is 19.1. The first kappa shape index (κ1) is 23.5. The minimum Gasteiger partial charge on any atom is -0.454 e. The fraction of sp³-hybridized carbons (Fsp3) is 0.125. The molecule has 0 saturated heterocycles. The lowest BCUT2D eigenvalue weighted by molar-refractivity contribution is 0.0991. The summed E-state index contributed by atoms with van der Waals surface area (Å²) < 4.78 is 35.0. The van der Waals surface area contributed by atoms with E-state index in [4.69, 9.17) is 10.5 Å². The molecule has 0 aliphatic rings. The number of carbonyl (C=O) groups excluding carboxylic acids is 2. The Balaban J connectivity index is 1.52. The summed E-state index contributed by atoms with van der Waals surface area (Å²) in [6.07, 6.45) is 1.75. The Hall–Kier alpha value is -4.67. The van der Waals surface area contributed by atoms with Crippen LogP contribution in [0.2, 0.25) is 0 Å². The van der Waals surface area contributed by atoms with Gasteiger partial charge in [0, 0.05) is 23.5 Å². The number of amides is 2. The molecule has 2 aromatic heterocycles. The van der Waals surface area contributed by atoms with Crippen molar-refractivity contribution in [2.45, 2.75) is 20.3 Å². The van der Waals surface area contributed by atoms with Crippen LogP contribution in [0, 0.1) is 18.6 Å². The van der Waals surface area contributed by atoms with Crippen molar-refractivity contribution in [3.05, 3.63) is 89.0 Å². The molecule has 2 aromatic carbocycles. The molecule has 0 radical (unpaired) electrons. The second-order valence-electron chi connectivity index (χ2n) is 7.47. The third-order valence-corrected chi connectivity index (χ3v) is 5.19. The van der Waals surface area contributed by atoms with Crippen molar-refractivity contribution in [1.29, 1.82) is 0 Å². The maximum atomic E-state index is 14.8. The predicted molar refractivity (Wildman–Crippen MR) is 123 cm³/mol. The van der Waals surface area contributed by atoms with Crippen LogP contribution in [0.3, 0.4) is 0 Å². The Labute approximate surface area is 198 Å². The van der Waals surface area contributed by atoms with Gasteiger partial charge in [0.15, 0.2) is 17.3 Å². The quantitative estimate of drug-likeness (QED) is 0.414. The number of nitrogens with one attached hydrogen (secondary N) is 1. The first-order valence-electron chi connectivity index (χ1n) is 10.5. The Morgan fingerprint density at radius 2 is 1.80 bits per heavy atom. The van der Waals surface area contributed by atoms with Gasteiger partial charge >= 0.3 is 0 Å². The number of anilines is 1. The van der Waals surface area contributed by atoms with Crippen LogP contribution in [0.15, 0.2) is 54.7 Å². The predicted octanol–water partition coefficient (Wildman–Crippen LogP) is 3.95. The van der Waals surface area contributed by atoms with E-state index in [1.807, 2.05) is 0 Å². The van der Waals surface area contributed by atoms with Gasteiger partial charge in [0.2, 0.25) is 0 Å². The molecule has 9 nitrogen and oxygen atoms in total. The number of aromatic nitrogens is 4. The second kappa shape index (κ2) is 9.67. The molecule has 4 rings (SSSR count). The van der Waals surface area contributed by atoms with Crippen LogP contribution in [0.1, 0.15) is 39.2 Å². The van der Waals surface area contributed by atoms with Crippen LogP contribution in [0.25, 0.3) is 5.69 Å². The van der Waals surface area contributed by atoms with Gasteiger partial charge in [-0.1, -0.05) is 12.1 Å². The monoisotopic (exact) mass is 478 g/mol. The number of benzene rings is 2. The fourth-order valence-electron chi connectivity index (χ4n) is 3.46. The van der Waals surface area contributed by atoms with Gasteiger partial charge in [-0.25, -0.2) is 13.5 Å². The summed E-state index contributed by atoms with van der Waals surface area (Å²) in [6, 6.07) is 11.0. The topological polar surface area (TPSA) is 125 Å². The first-order chi connectivity index (χ1) is 16.8. The Kier molecular flexibility index (Phi) is 6.49. The van der Waals surface area contributed by atoms with E-state index >= 15 is 0 Å². The summed E-state index contributed by atoms with van der Waals surface area (Å²) in [7, 11) is 0. The van der Waals surface area contributed by atoms with Crippen LogP contribution < -0.4 is 15.8 Å².